The molecule has 0 fully saturated rings. The van der Waals surface area contributed by atoms with Gasteiger partial charge in [0.15, 0.2) is 0 Å². The number of nitrogens with one attached hydrogen (secondary N) is 1. The van der Waals surface area contributed by atoms with Crippen molar-refractivity contribution in [1.29, 1.82) is 0 Å². The monoisotopic (exact) mass is 497 g/mol. The number of hydrogen-bond acceptors (Lipinski definition) is 1. The zero-order chi connectivity index (χ0) is 14.0. The van der Waals surface area contributed by atoms with Gasteiger partial charge in [0.25, 0.3) is 5.91 Å². The SMILES string of the molecule is O=C(Nc1ccc(F)cc1I)c1cc(Br)cc(Br)c1. The van der Waals surface area contributed by atoms with Gasteiger partial charge in [-0.15, -0.1) is 0 Å². The van der Waals surface area contributed by atoms with Crippen LogP contribution in [0.5, 0.6) is 0 Å². The molecule has 0 unspecified atom stereocenters. The van der Waals surface area contributed by atoms with Crippen molar-refractivity contribution in [3.05, 3.63) is 60.3 Å². The highest BCUT2D eigenvalue weighted by Gasteiger charge is 2.10. The van der Waals surface area contributed by atoms with Crippen molar-refractivity contribution in [3.8, 4) is 0 Å². The number of rotatable bonds is 2. The van der Waals surface area contributed by atoms with Crippen molar-refractivity contribution in [2.24, 2.45) is 0 Å². The molecule has 2 aromatic carbocycles. The number of anilines is 1. The Balaban J connectivity index is 2.25. The number of benzene rings is 2. The molecule has 0 spiro atoms. The Morgan fingerprint density at radius 2 is 1.74 bits per heavy atom. The first-order valence-electron chi connectivity index (χ1n) is 5.18. The first-order valence-corrected chi connectivity index (χ1v) is 7.84. The van der Waals surface area contributed by atoms with Gasteiger partial charge in [-0.05, 0) is 59.0 Å². The lowest BCUT2D eigenvalue weighted by atomic mass is 10.2. The maximum Gasteiger partial charge on any atom is 0.255 e. The fourth-order valence-corrected chi connectivity index (χ4v) is 3.38. The summed E-state index contributed by atoms with van der Waals surface area (Å²) < 4.78 is 15.2. The Kier molecular flexibility index (Phi) is 4.97. The van der Waals surface area contributed by atoms with Gasteiger partial charge in [-0.2, -0.15) is 0 Å². The van der Waals surface area contributed by atoms with Crippen LogP contribution in [-0.2, 0) is 0 Å². The fraction of sp³-hybridized carbons (Fsp3) is 0. The Morgan fingerprint density at radius 1 is 1.11 bits per heavy atom. The van der Waals surface area contributed by atoms with Gasteiger partial charge in [0, 0.05) is 18.1 Å². The van der Waals surface area contributed by atoms with E-state index in [0.717, 1.165) is 8.95 Å². The topological polar surface area (TPSA) is 29.1 Å². The average molecular weight is 499 g/mol. The van der Waals surface area contributed by atoms with Crippen LogP contribution in [0.1, 0.15) is 10.4 Å². The molecule has 19 heavy (non-hydrogen) atoms. The zero-order valence-electron chi connectivity index (χ0n) is 9.38. The highest BCUT2D eigenvalue weighted by molar-refractivity contribution is 14.1. The van der Waals surface area contributed by atoms with E-state index in [9.17, 15) is 9.18 Å². The molecule has 0 atom stereocenters. The molecule has 0 radical (unpaired) electrons. The molecule has 1 N–H and O–H groups in total. The lowest BCUT2D eigenvalue weighted by Crippen LogP contribution is -2.13. The van der Waals surface area contributed by atoms with Gasteiger partial charge in [0.05, 0.1) is 5.69 Å². The summed E-state index contributed by atoms with van der Waals surface area (Å²) in [7, 11) is 0. The molecule has 0 aliphatic heterocycles. The van der Waals surface area contributed by atoms with E-state index in [1.165, 1.54) is 12.1 Å². The van der Waals surface area contributed by atoms with Crippen LogP contribution >= 0.6 is 54.5 Å². The minimum absolute atomic E-state index is 0.244. The Bertz CT molecular complexity index is 628. The molecule has 2 aromatic rings. The second kappa shape index (κ2) is 6.32. The number of carbonyl (C=O) groups excluding carboxylic acids is 1. The molecular weight excluding hydrogens is 492 g/mol. The fourth-order valence-electron chi connectivity index (χ4n) is 1.47. The van der Waals surface area contributed by atoms with Gasteiger partial charge in [-0.25, -0.2) is 4.39 Å². The summed E-state index contributed by atoms with van der Waals surface area (Å²) in [5.74, 6) is -0.570. The normalized spacial score (nSPS) is 10.3. The highest BCUT2D eigenvalue weighted by atomic mass is 127. The van der Waals surface area contributed by atoms with Crippen LogP contribution in [-0.4, -0.2) is 5.91 Å². The van der Waals surface area contributed by atoms with Crippen molar-refractivity contribution >= 4 is 66.0 Å². The zero-order valence-corrected chi connectivity index (χ0v) is 14.7. The van der Waals surface area contributed by atoms with E-state index in [-0.39, 0.29) is 11.7 Å². The van der Waals surface area contributed by atoms with Crippen molar-refractivity contribution in [2.45, 2.75) is 0 Å². The molecule has 0 saturated carbocycles. The van der Waals surface area contributed by atoms with Gasteiger partial charge >= 0.3 is 0 Å². The van der Waals surface area contributed by atoms with Crippen molar-refractivity contribution < 1.29 is 9.18 Å². The molecule has 1 amide bonds. The standard InChI is InChI=1S/C13H7Br2FINO/c14-8-3-7(4-9(15)5-8)13(19)18-12-2-1-10(16)6-11(12)17/h1-6H,(H,18,19). The summed E-state index contributed by atoms with van der Waals surface area (Å²) >= 11 is 8.64. The van der Waals surface area contributed by atoms with Gasteiger partial charge in [-0.3, -0.25) is 4.79 Å². The summed E-state index contributed by atoms with van der Waals surface area (Å²) in [5.41, 5.74) is 1.10. The summed E-state index contributed by atoms with van der Waals surface area (Å²) in [6.45, 7) is 0. The lowest BCUT2D eigenvalue weighted by molar-refractivity contribution is 0.102. The Labute approximate surface area is 140 Å². The number of halogens is 4. The van der Waals surface area contributed by atoms with Gasteiger partial charge in [-0.1, -0.05) is 31.9 Å². The maximum atomic E-state index is 13.0. The third-order valence-corrected chi connectivity index (χ3v) is 4.11. The maximum absolute atomic E-state index is 13.0. The van der Waals surface area contributed by atoms with E-state index < -0.39 is 0 Å². The van der Waals surface area contributed by atoms with Crippen LogP contribution < -0.4 is 5.32 Å². The van der Waals surface area contributed by atoms with Crippen LogP contribution in [0.2, 0.25) is 0 Å². The molecule has 0 aromatic heterocycles. The number of carbonyl (C=O) groups is 1. The Hall–Kier alpha value is -0.470. The molecule has 0 bridgehead atoms. The average Bonchev–Trinajstić information content (AvgIpc) is 2.31. The summed E-state index contributed by atoms with van der Waals surface area (Å²) in [6.07, 6.45) is 0. The molecule has 0 aliphatic rings. The van der Waals surface area contributed by atoms with Crippen LogP contribution in [0.15, 0.2) is 45.3 Å². The third-order valence-electron chi connectivity index (χ3n) is 2.30. The number of hydrogen-bond donors (Lipinski definition) is 1. The van der Waals surface area contributed by atoms with E-state index in [0.29, 0.717) is 14.8 Å². The molecule has 2 rings (SSSR count). The smallest absolute Gasteiger partial charge is 0.255 e. The molecule has 98 valence electrons. The lowest BCUT2D eigenvalue weighted by Gasteiger charge is -2.08. The summed E-state index contributed by atoms with van der Waals surface area (Å²) in [5, 5.41) is 2.75. The predicted octanol–water partition coefficient (Wildman–Crippen LogP) is 5.21. The predicted molar refractivity (Wildman–Crippen MR) is 88.9 cm³/mol. The van der Waals surface area contributed by atoms with Gasteiger partial charge < -0.3 is 5.32 Å². The molecule has 0 heterocycles. The second-order valence-corrected chi connectivity index (χ2v) is 6.73. The van der Waals surface area contributed by atoms with E-state index in [4.69, 9.17) is 0 Å². The van der Waals surface area contributed by atoms with Crippen LogP contribution in [0, 0.1) is 9.39 Å². The molecule has 0 saturated heterocycles. The third kappa shape index (κ3) is 4.00. The van der Waals surface area contributed by atoms with Crippen molar-refractivity contribution in [1.82, 2.24) is 0 Å². The van der Waals surface area contributed by atoms with Crippen LogP contribution in [0.4, 0.5) is 10.1 Å². The molecule has 0 aliphatic carbocycles. The van der Waals surface area contributed by atoms with Crippen LogP contribution in [0.25, 0.3) is 0 Å². The first-order chi connectivity index (χ1) is 8.95. The molecule has 2 nitrogen and oxygen atoms in total. The van der Waals surface area contributed by atoms with Crippen molar-refractivity contribution in [3.63, 3.8) is 0 Å². The second-order valence-electron chi connectivity index (χ2n) is 3.74. The van der Waals surface area contributed by atoms with Crippen LogP contribution in [0.3, 0.4) is 0 Å². The van der Waals surface area contributed by atoms with Gasteiger partial charge in [0.2, 0.25) is 0 Å². The Morgan fingerprint density at radius 3 is 2.32 bits per heavy atom. The minimum Gasteiger partial charge on any atom is -0.321 e. The summed E-state index contributed by atoms with van der Waals surface area (Å²) in [6, 6.07) is 9.51. The van der Waals surface area contributed by atoms with E-state index in [1.54, 1.807) is 18.2 Å². The summed E-state index contributed by atoms with van der Waals surface area (Å²) in [4.78, 5) is 12.1. The highest BCUT2D eigenvalue weighted by Crippen LogP contribution is 2.23. The minimum atomic E-state index is -0.326. The molecule has 6 heteroatoms. The van der Waals surface area contributed by atoms with E-state index in [1.807, 2.05) is 28.7 Å². The first kappa shape index (κ1) is 14.9. The van der Waals surface area contributed by atoms with Gasteiger partial charge in [0.1, 0.15) is 5.82 Å². The quantitative estimate of drug-likeness (QED) is 0.566. The van der Waals surface area contributed by atoms with Crippen molar-refractivity contribution in [2.75, 3.05) is 5.32 Å². The van der Waals surface area contributed by atoms with E-state index in [2.05, 4.69) is 37.2 Å². The largest absolute Gasteiger partial charge is 0.321 e. The molecular formula is C13H7Br2FINO. The number of amides is 1. The van der Waals surface area contributed by atoms with E-state index >= 15 is 0 Å².